The Hall–Kier alpha value is -1.65. The molecule has 0 aliphatic carbocycles. The molecule has 0 aliphatic rings. The van der Waals surface area contributed by atoms with Gasteiger partial charge in [-0.3, -0.25) is 4.79 Å². The van der Waals surface area contributed by atoms with E-state index < -0.39 is 0 Å². The normalized spacial score (nSPS) is 11.8. The van der Waals surface area contributed by atoms with Crippen molar-refractivity contribution in [3.8, 4) is 5.75 Å². The molecular weight excluding hydrogens is 342 g/mol. The van der Waals surface area contributed by atoms with Crippen LogP contribution in [0.4, 0.5) is 0 Å². The quantitative estimate of drug-likeness (QED) is 0.690. The van der Waals surface area contributed by atoms with E-state index in [2.05, 4.69) is 5.32 Å². The van der Waals surface area contributed by atoms with Crippen LogP contribution in [0.15, 0.2) is 53.4 Å². The average molecular weight is 364 g/mol. The topological polar surface area (TPSA) is 38.3 Å². The van der Waals surface area contributed by atoms with E-state index in [0.29, 0.717) is 13.0 Å². The third kappa shape index (κ3) is 6.46. The van der Waals surface area contributed by atoms with Crippen molar-refractivity contribution in [1.82, 2.24) is 5.32 Å². The monoisotopic (exact) mass is 363 g/mol. The maximum absolute atomic E-state index is 12.0. The van der Waals surface area contributed by atoms with Crippen LogP contribution in [-0.2, 0) is 4.79 Å². The number of ether oxygens (including phenoxy) is 1. The molecule has 0 saturated heterocycles. The predicted octanol–water partition coefficient (Wildman–Crippen LogP) is 4.71. The third-order valence-corrected chi connectivity index (χ3v) is 4.67. The molecule has 1 N–H and O–H groups in total. The maximum atomic E-state index is 12.0. The molecule has 128 valence electrons. The van der Waals surface area contributed by atoms with Gasteiger partial charge in [0.1, 0.15) is 12.4 Å². The Kier molecular flexibility index (Phi) is 7.47. The number of benzene rings is 2. The molecular formula is C19H22ClNO2S. The van der Waals surface area contributed by atoms with Gasteiger partial charge in [-0.25, -0.2) is 0 Å². The molecule has 0 radical (unpaired) electrons. The number of nitrogens with one attached hydrogen (secondary N) is 1. The molecule has 0 spiro atoms. The van der Waals surface area contributed by atoms with Gasteiger partial charge in [0.2, 0.25) is 5.91 Å². The van der Waals surface area contributed by atoms with Crippen molar-refractivity contribution in [3.63, 3.8) is 0 Å². The Balaban J connectivity index is 1.66. The van der Waals surface area contributed by atoms with Crippen molar-refractivity contribution < 1.29 is 9.53 Å². The zero-order valence-corrected chi connectivity index (χ0v) is 15.5. The summed E-state index contributed by atoms with van der Waals surface area (Å²) in [6, 6.07) is 15.5. The highest BCUT2D eigenvalue weighted by molar-refractivity contribution is 7.99. The molecule has 0 saturated carbocycles. The van der Waals surface area contributed by atoms with E-state index in [1.165, 1.54) is 0 Å². The highest BCUT2D eigenvalue weighted by atomic mass is 35.5. The number of hydrogen-bond donors (Lipinski definition) is 1. The SMILES string of the molecule is Cc1ccccc1OC[C@@H](C)NC(=O)CCSc1ccc(Cl)cc1. The van der Waals surface area contributed by atoms with Crippen LogP contribution < -0.4 is 10.1 Å². The second-order valence-corrected chi connectivity index (χ2v) is 7.20. The van der Waals surface area contributed by atoms with E-state index in [1.807, 2.05) is 62.4 Å². The second-order valence-electron chi connectivity index (χ2n) is 5.60. The van der Waals surface area contributed by atoms with Crippen LogP contribution >= 0.6 is 23.4 Å². The van der Waals surface area contributed by atoms with Gasteiger partial charge in [0, 0.05) is 22.1 Å². The summed E-state index contributed by atoms with van der Waals surface area (Å²) in [5, 5.41) is 3.69. The van der Waals surface area contributed by atoms with Gasteiger partial charge in [-0.2, -0.15) is 0 Å². The summed E-state index contributed by atoms with van der Waals surface area (Å²) in [6.45, 7) is 4.41. The van der Waals surface area contributed by atoms with Crippen LogP contribution in [0.5, 0.6) is 5.75 Å². The Morgan fingerprint density at radius 3 is 2.62 bits per heavy atom. The maximum Gasteiger partial charge on any atom is 0.221 e. The molecule has 2 aromatic carbocycles. The number of carbonyl (C=O) groups is 1. The lowest BCUT2D eigenvalue weighted by molar-refractivity contribution is -0.121. The highest BCUT2D eigenvalue weighted by Crippen LogP contribution is 2.21. The van der Waals surface area contributed by atoms with E-state index in [9.17, 15) is 4.79 Å². The Morgan fingerprint density at radius 2 is 1.92 bits per heavy atom. The van der Waals surface area contributed by atoms with Gasteiger partial charge in [0.25, 0.3) is 0 Å². The van der Waals surface area contributed by atoms with Crippen molar-refractivity contribution in [2.24, 2.45) is 0 Å². The molecule has 0 fully saturated rings. The fourth-order valence-corrected chi connectivity index (χ4v) is 3.09. The molecule has 2 rings (SSSR count). The molecule has 3 nitrogen and oxygen atoms in total. The minimum Gasteiger partial charge on any atom is -0.491 e. The van der Waals surface area contributed by atoms with Gasteiger partial charge in [0.05, 0.1) is 6.04 Å². The van der Waals surface area contributed by atoms with Gasteiger partial charge in [0.15, 0.2) is 0 Å². The summed E-state index contributed by atoms with van der Waals surface area (Å²) in [5.74, 6) is 1.63. The van der Waals surface area contributed by atoms with Gasteiger partial charge < -0.3 is 10.1 Å². The molecule has 2 aromatic rings. The number of aryl methyl sites for hydroxylation is 1. The lowest BCUT2D eigenvalue weighted by Crippen LogP contribution is -2.37. The zero-order valence-electron chi connectivity index (χ0n) is 13.9. The highest BCUT2D eigenvalue weighted by Gasteiger charge is 2.09. The number of thioether (sulfide) groups is 1. The lowest BCUT2D eigenvalue weighted by Gasteiger charge is -2.16. The van der Waals surface area contributed by atoms with E-state index in [1.54, 1.807) is 11.8 Å². The predicted molar refractivity (Wildman–Crippen MR) is 101 cm³/mol. The number of rotatable bonds is 8. The molecule has 1 atom stereocenters. The standard InChI is InChI=1S/C19H22ClNO2S/c1-14-5-3-4-6-18(14)23-13-15(2)21-19(22)11-12-24-17-9-7-16(20)8-10-17/h3-10,15H,11-13H2,1-2H3,(H,21,22)/t15-/m1/s1. The van der Waals surface area contributed by atoms with E-state index in [-0.39, 0.29) is 11.9 Å². The van der Waals surface area contributed by atoms with Crippen LogP contribution in [0.2, 0.25) is 5.02 Å². The summed E-state index contributed by atoms with van der Waals surface area (Å²) in [7, 11) is 0. The number of halogens is 1. The summed E-state index contributed by atoms with van der Waals surface area (Å²) in [6.07, 6.45) is 0.474. The summed E-state index contributed by atoms with van der Waals surface area (Å²) in [5.41, 5.74) is 1.09. The first kappa shape index (κ1) is 18.7. The van der Waals surface area contributed by atoms with Crippen molar-refractivity contribution >= 4 is 29.3 Å². The van der Waals surface area contributed by atoms with Crippen LogP contribution in [-0.4, -0.2) is 24.3 Å². The molecule has 24 heavy (non-hydrogen) atoms. The Labute approximate surface area is 152 Å². The third-order valence-electron chi connectivity index (χ3n) is 3.40. The smallest absolute Gasteiger partial charge is 0.221 e. The minimum absolute atomic E-state index is 0.0300. The molecule has 0 aliphatic heterocycles. The summed E-state index contributed by atoms with van der Waals surface area (Å²) in [4.78, 5) is 13.1. The Bertz CT molecular complexity index is 661. The van der Waals surface area contributed by atoms with Crippen molar-refractivity contribution in [1.29, 1.82) is 0 Å². The van der Waals surface area contributed by atoms with Crippen molar-refractivity contribution in [2.45, 2.75) is 31.2 Å². The van der Waals surface area contributed by atoms with Gasteiger partial charge >= 0.3 is 0 Å². The van der Waals surface area contributed by atoms with E-state index in [4.69, 9.17) is 16.3 Å². The lowest BCUT2D eigenvalue weighted by atomic mass is 10.2. The van der Waals surface area contributed by atoms with Crippen LogP contribution in [0.3, 0.4) is 0 Å². The number of carbonyl (C=O) groups excluding carboxylic acids is 1. The fourth-order valence-electron chi connectivity index (χ4n) is 2.11. The first-order valence-electron chi connectivity index (χ1n) is 7.91. The summed E-state index contributed by atoms with van der Waals surface area (Å²) >= 11 is 7.50. The molecule has 0 heterocycles. The van der Waals surface area contributed by atoms with Crippen LogP contribution in [0, 0.1) is 6.92 Å². The van der Waals surface area contributed by atoms with Gasteiger partial charge in [-0.1, -0.05) is 29.8 Å². The molecule has 0 aromatic heterocycles. The second kappa shape index (κ2) is 9.60. The fraction of sp³-hybridized carbons (Fsp3) is 0.316. The first-order chi connectivity index (χ1) is 11.5. The average Bonchev–Trinajstić information content (AvgIpc) is 2.56. The van der Waals surface area contributed by atoms with E-state index in [0.717, 1.165) is 27.0 Å². The molecule has 0 unspecified atom stereocenters. The number of para-hydroxylation sites is 1. The van der Waals surface area contributed by atoms with Crippen LogP contribution in [0.1, 0.15) is 18.9 Å². The molecule has 0 bridgehead atoms. The summed E-state index contributed by atoms with van der Waals surface area (Å²) < 4.78 is 5.75. The largest absolute Gasteiger partial charge is 0.491 e. The molecule has 1 amide bonds. The number of amides is 1. The van der Waals surface area contributed by atoms with Crippen LogP contribution in [0.25, 0.3) is 0 Å². The molecule has 5 heteroatoms. The van der Waals surface area contributed by atoms with Gasteiger partial charge in [-0.15, -0.1) is 11.8 Å². The minimum atomic E-state index is -0.0300. The first-order valence-corrected chi connectivity index (χ1v) is 9.27. The van der Waals surface area contributed by atoms with E-state index >= 15 is 0 Å². The number of hydrogen-bond acceptors (Lipinski definition) is 3. The van der Waals surface area contributed by atoms with Crippen molar-refractivity contribution in [2.75, 3.05) is 12.4 Å². The van der Waals surface area contributed by atoms with Gasteiger partial charge in [-0.05, 0) is 49.7 Å². The van der Waals surface area contributed by atoms with Crippen molar-refractivity contribution in [3.05, 3.63) is 59.1 Å². The Morgan fingerprint density at radius 1 is 1.21 bits per heavy atom. The zero-order chi connectivity index (χ0) is 17.4.